The lowest BCUT2D eigenvalue weighted by molar-refractivity contribution is -0.125. The molecule has 2 aliphatic carbocycles. The molecule has 0 aromatic carbocycles. The number of aromatic nitrogens is 3. The number of rotatable bonds is 7. The zero-order valence-corrected chi connectivity index (χ0v) is 25.1. The molecule has 3 heterocycles. The first kappa shape index (κ1) is 29.5. The van der Waals surface area contributed by atoms with Crippen molar-refractivity contribution in [2.45, 2.75) is 56.7 Å². The van der Waals surface area contributed by atoms with Gasteiger partial charge in [0.25, 0.3) is 0 Å². The van der Waals surface area contributed by atoms with Crippen LogP contribution in [0, 0.1) is 11.8 Å². The van der Waals surface area contributed by atoms with Gasteiger partial charge >= 0.3 is 6.09 Å². The first-order valence-electron chi connectivity index (χ1n) is 14.5. The lowest BCUT2D eigenvalue weighted by atomic mass is 9.69. The second-order valence-electron chi connectivity index (χ2n) is 11.6. The summed E-state index contributed by atoms with van der Waals surface area (Å²) >= 11 is 6.87. The van der Waals surface area contributed by atoms with E-state index < -0.39 is 6.04 Å². The van der Waals surface area contributed by atoms with E-state index in [-0.39, 0.29) is 48.0 Å². The second-order valence-corrected chi connectivity index (χ2v) is 12.2. The molecule has 2 fully saturated rings. The van der Waals surface area contributed by atoms with Crippen LogP contribution in [0.5, 0.6) is 0 Å². The van der Waals surface area contributed by atoms with Gasteiger partial charge in [-0.1, -0.05) is 12.1 Å². The molecule has 2 aromatic heterocycles. The molecule has 1 saturated carbocycles. The number of carbonyl (C=O) groups is 2. The maximum Gasteiger partial charge on any atom is 0.410 e. The van der Waals surface area contributed by atoms with Gasteiger partial charge in [-0.2, -0.15) is 0 Å². The summed E-state index contributed by atoms with van der Waals surface area (Å²) in [5.41, 5.74) is 4.10. The number of nitrogens with one attached hydrogen (secondary N) is 1. The first-order chi connectivity index (χ1) is 19.8. The van der Waals surface area contributed by atoms with Crippen LogP contribution in [0.4, 0.5) is 4.79 Å². The number of hydrogen-bond donors (Lipinski definition) is 1. The molecule has 222 valence electrons. The highest BCUT2D eigenvalue weighted by Gasteiger charge is 2.45. The maximum absolute atomic E-state index is 12.9. The number of methoxy groups -OCH3 is 1. The number of halogens is 1. The molecule has 5 rings (SSSR count). The van der Waals surface area contributed by atoms with Crippen molar-refractivity contribution in [3.05, 3.63) is 53.4 Å². The molecule has 0 spiro atoms. The Morgan fingerprint density at radius 1 is 1.20 bits per heavy atom. The minimum Gasteiger partial charge on any atom is -0.447 e. The van der Waals surface area contributed by atoms with Gasteiger partial charge in [-0.25, -0.2) is 9.78 Å². The van der Waals surface area contributed by atoms with E-state index in [0.29, 0.717) is 13.1 Å². The third-order valence-corrected chi connectivity index (χ3v) is 8.91. The molecule has 41 heavy (non-hydrogen) atoms. The highest BCUT2D eigenvalue weighted by molar-refractivity contribution is 6.20. The van der Waals surface area contributed by atoms with Crippen molar-refractivity contribution in [2.75, 3.05) is 39.9 Å². The van der Waals surface area contributed by atoms with Crippen molar-refractivity contribution < 1.29 is 19.1 Å². The van der Waals surface area contributed by atoms with Crippen molar-refractivity contribution in [1.29, 1.82) is 0 Å². The smallest absolute Gasteiger partial charge is 0.410 e. The number of aryl methyl sites for hydroxylation is 1. The predicted octanol–water partition coefficient (Wildman–Crippen LogP) is 3.94. The van der Waals surface area contributed by atoms with Gasteiger partial charge in [-0.15, -0.1) is 11.6 Å². The van der Waals surface area contributed by atoms with E-state index in [4.69, 9.17) is 26.1 Å². The topological polar surface area (TPSA) is 102 Å². The number of carbonyl (C=O) groups excluding carboxylic acids is 2. The van der Waals surface area contributed by atoms with Gasteiger partial charge in [-0.05, 0) is 62.1 Å². The Hall–Kier alpha value is -2.95. The monoisotopic (exact) mass is 584 g/mol. The number of imidazole rings is 1. The Kier molecular flexibility index (Phi) is 9.31. The Labute approximate surface area is 247 Å². The second kappa shape index (κ2) is 12.9. The van der Waals surface area contributed by atoms with Crippen molar-refractivity contribution in [3.8, 4) is 0 Å². The summed E-state index contributed by atoms with van der Waals surface area (Å²) in [6, 6.07) is 3.73. The van der Waals surface area contributed by atoms with Crippen LogP contribution in [-0.2, 0) is 21.3 Å². The standard InChI is InChI=1S/C30H41ClN6O4/c1-19(2)41-30(39)37-12-10-36(11-13-37)29-22-8-7-21(31)15-23(22)24(14-20-6-5-9-33-27(20)29)28(34-26(38)17-40-4)25-16-32-18-35(25)3/h5-6,9,14,16,18-19,21-23,28-29H,7-8,10-13,15,17H2,1-4H3,(H,34,38)/t21?,22?,23?,28-,29+/m1/s1. The van der Waals surface area contributed by atoms with Crippen LogP contribution < -0.4 is 5.32 Å². The highest BCUT2D eigenvalue weighted by Crippen LogP contribution is 2.51. The zero-order valence-electron chi connectivity index (χ0n) is 24.3. The number of piperazine rings is 1. The Bertz CT molecular complexity index is 1260. The molecule has 10 nitrogen and oxygen atoms in total. The molecule has 1 aliphatic heterocycles. The number of hydrogen-bond acceptors (Lipinski definition) is 7. The Balaban J connectivity index is 1.52. The van der Waals surface area contributed by atoms with Gasteiger partial charge in [0.15, 0.2) is 0 Å². The molecule has 0 bridgehead atoms. The first-order valence-corrected chi connectivity index (χ1v) is 14.9. The molecule has 3 aliphatic rings. The van der Waals surface area contributed by atoms with E-state index in [1.165, 1.54) is 7.11 Å². The number of alkyl halides is 1. The van der Waals surface area contributed by atoms with Crippen LogP contribution in [0.25, 0.3) is 6.08 Å². The molecule has 1 saturated heterocycles. The molecule has 5 atom stereocenters. The zero-order chi connectivity index (χ0) is 29.1. The summed E-state index contributed by atoms with van der Waals surface area (Å²) in [6.07, 6.45) is 9.91. The van der Waals surface area contributed by atoms with Crippen LogP contribution in [0.2, 0.25) is 0 Å². The normalized spacial score (nSPS) is 25.5. The van der Waals surface area contributed by atoms with Gasteiger partial charge in [0.05, 0.1) is 42.1 Å². The van der Waals surface area contributed by atoms with Crippen LogP contribution in [0.1, 0.15) is 62.1 Å². The van der Waals surface area contributed by atoms with Crippen molar-refractivity contribution in [1.82, 2.24) is 29.7 Å². The molecule has 2 aromatic rings. The van der Waals surface area contributed by atoms with E-state index in [2.05, 4.69) is 27.3 Å². The summed E-state index contributed by atoms with van der Waals surface area (Å²) in [6.45, 7) is 6.37. The quantitative estimate of drug-likeness (QED) is 0.492. The molecule has 2 amide bonds. The van der Waals surface area contributed by atoms with Crippen LogP contribution in [0.15, 0.2) is 36.4 Å². The molecular weight excluding hydrogens is 544 g/mol. The molecule has 11 heteroatoms. The summed E-state index contributed by atoms with van der Waals surface area (Å²) in [4.78, 5) is 39.1. The number of amides is 2. The molecule has 3 unspecified atom stereocenters. The van der Waals surface area contributed by atoms with Gasteiger partial charge in [0.2, 0.25) is 5.91 Å². The van der Waals surface area contributed by atoms with E-state index in [0.717, 1.165) is 54.9 Å². The van der Waals surface area contributed by atoms with Gasteiger partial charge < -0.3 is 24.3 Å². The van der Waals surface area contributed by atoms with Crippen molar-refractivity contribution >= 4 is 29.7 Å². The van der Waals surface area contributed by atoms with E-state index in [1.54, 1.807) is 11.2 Å². The van der Waals surface area contributed by atoms with E-state index >= 15 is 0 Å². The summed E-state index contributed by atoms with van der Waals surface area (Å²) in [7, 11) is 3.47. The van der Waals surface area contributed by atoms with Crippen molar-refractivity contribution in [2.24, 2.45) is 18.9 Å². The number of pyridine rings is 1. The lowest BCUT2D eigenvalue weighted by Crippen LogP contribution is -2.52. The minimum absolute atomic E-state index is 0.0296. The average Bonchev–Trinajstić information content (AvgIpc) is 3.31. The SMILES string of the molecule is COCC(=O)N[C@H](C1=Cc2cccnc2[C@@H](N2CCN(C(=O)OC(C)C)CC2)C2CCC(Cl)CC12)c1cncn1C. The summed E-state index contributed by atoms with van der Waals surface area (Å²) in [5, 5.41) is 3.28. The number of nitrogens with zero attached hydrogens (tertiary/aromatic N) is 5. The molecule has 1 N–H and O–H groups in total. The molecular formula is C30H41ClN6O4. The largest absolute Gasteiger partial charge is 0.447 e. The lowest BCUT2D eigenvalue weighted by Gasteiger charge is -2.46. The Morgan fingerprint density at radius 3 is 2.66 bits per heavy atom. The summed E-state index contributed by atoms with van der Waals surface area (Å²) < 4.78 is 12.6. The van der Waals surface area contributed by atoms with E-state index in [9.17, 15) is 9.59 Å². The minimum atomic E-state index is -0.394. The van der Waals surface area contributed by atoms with Gasteiger partial charge in [0, 0.05) is 51.9 Å². The highest BCUT2D eigenvalue weighted by atomic mass is 35.5. The summed E-state index contributed by atoms with van der Waals surface area (Å²) in [5.74, 6) is 0.153. The number of fused-ring (bicyclic) bond motifs is 2. The van der Waals surface area contributed by atoms with Gasteiger partial charge in [-0.3, -0.25) is 14.7 Å². The fourth-order valence-electron chi connectivity index (χ4n) is 6.70. The molecule has 0 radical (unpaired) electrons. The predicted molar refractivity (Wildman–Crippen MR) is 156 cm³/mol. The maximum atomic E-state index is 12.9. The van der Waals surface area contributed by atoms with E-state index in [1.807, 2.05) is 43.9 Å². The third kappa shape index (κ3) is 6.44. The van der Waals surface area contributed by atoms with Crippen molar-refractivity contribution in [3.63, 3.8) is 0 Å². The Morgan fingerprint density at radius 2 is 1.98 bits per heavy atom. The van der Waals surface area contributed by atoms with Crippen LogP contribution in [-0.4, -0.2) is 87.7 Å². The fourth-order valence-corrected chi connectivity index (χ4v) is 7.02. The number of ether oxygens (including phenoxy) is 2. The van der Waals surface area contributed by atoms with Gasteiger partial charge in [0.1, 0.15) is 6.61 Å². The van der Waals surface area contributed by atoms with Crippen LogP contribution >= 0.6 is 11.6 Å². The third-order valence-electron chi connectivity index (χ3n) is 8.51. The van der Waals surface area contributed by atoms with Crippen LogP contribution in [0.3, 0.4) is 0 Å². The average molecular weight is 585 g/mol. The fraction of sp³-hybridized carbons (Fsp3) is 0.600.